The van der Waals surface area contributed by atoms with E-state index in [1.807, 2.05) is 35.9 Å². The first-order valence-electron chi connectivity index (χ1n) is 5.62. The van der Waals surface area contributed by atoms with Gasteiger partial charge in [-0.3, -0.25) is 4.68 Å². The standard InChI is InChI=1S/C14H15N3/c1-10-11(2)16-17(12(10)3)9-14-7-5-4-6-13(14)8-15/h4-7H,9H2,1-3H3. The van der Waals surface area contributed by atoms with Crippen LogP contribution in [0.15, 0.2) is 24.3 Å². The van der Waals surface area contributed by atoms with Gasteiger partial charge in [-0.15, -0.1) is 0 Å². The Morgan fingerprint density at radius 2 is 1.94 bits per heavy atom. The van der Waals surface area contributed by atoms with Crippen LogP contribution in [0.25, 0.3) is 0 Å². The highest BCUT2D eigenvalue weighted by Crippen LogP contribution is 2.15. The summed E-state index contributed by atoms with van der Waals surface area (Å²) in [5, 5.41) is 13.5. The fourth-order valence-electron chi connectivity index (χ4n) is 1.87. The molecule has 0 aliphatic rings. The van der Waals surface area contributed by atoms with Crippen LogP contribution in [0.5, 0.6) is 0 Å². The average Bonchev–Trinajstić information content (AvgIpc) is 2.58. The van der Waals surface area contributed by atoms with E-state index in [4.69, 9.17) is 5.26 Å². The lowest BCUT2D eigenvalue weighted by molar-refractivity contribution is 0.657. The van der Waals surface area contributed by atoms with E-state index < -0.39 is 0 Å². The molecular weight excluding hydrogens is 210 g/mol. The van der Waals surface area contributed by atoms with Gasteiger partial charge in [0.25, 0.3) is 0 Å². The second-order valence-electron chi connectivity index (χ2n) is 4.22. The molecule has 0 unspecified atom stereocenters. The Hall–Kier alpha value is -2.08. The van der Waals surface area contributed by atoms with Gasteiger partial charge in [0.15, 0.2) is 0 Å². The minimum absolute atomic E-state index is 0.657. The van der Waals surface area contributed by atoms with Gasteiger partial charge in [-0.2, -0.15) is 10.4 Å². The minimum Gasteiger partial charge on any atom is -0.265 e. The predicted molar refractivity (Wildman–Crippen MR) is 66.7 cm³/mol. The van der Waals surface area contributed by atoms with Crippen molar-refractivity contribution in [3.05, 3.63) is 52.3 Å². The third-order valence-electron chi connectivity index (χ3n) is 3.20. The van der Waals surface area contributed by atoms with E-state index in [0.717, 1.165) is 22.5 Å². The topological polar surface area (TPSA) is 41.6 Å². The monoisotopic (exact) mass is 225 g/mol. The number of hydrogen-bond donors (Lipinski definition) is 0. The molecule has 17 heavy (non-hydrogen) atoms. The van der Waals surface area contributed by atoms with Gasteiger partial charge in [-0.25, -0.2) is 0 Å². The maximum Gasteiger partial charge on any atom is 0.0995 e. The second-order valence-corrected chi connectivity index (χ2v) is 4.22. The van der Waals surface area contributed by atoms with Crippen LogP contribution in [-0.2, 0) is 6.54 Å². The molecular formula is C14H15N3. The second kappa shape index (κ2) is 4.42. The zero-order valence-corrected chi connectivity index (χ0v) is 10.4. The molecule has 0 atom stereocenters. The van der Waals surface area contributed by atoms with Gasteiger partial charge in [-0.05, 0) is 38.0 Å². The maximum atomic E-state index is 9.05. The molecule has 2 aromatic rings. The van der Waals surface area contributed by atoms with Crippen LogP contribution in [0.2, 0.25) is 0 Å². The molecule has 0 amide bonds. The Balaban J connectivity index is 2.39. The lowest BCUT2D eigenvalue weighted by Gasteiger charge is -2.06. The first kappa shape index (κ1) is 11.4. The highest BCUT2D eigenvalue weighted by Gasteiger charge is 2.09. The number of nitrogens with zero attached hydrogens (tertiary/aromatic N) is 3. The normalized spacial score (nSPS) is 10.2. The molecule has 1 aromatic heterocycles. The van der Waals surface area contributed by atoms with Crippen molar-refractivity contribution in [2.45, 2.75) is 27.3 Å². The van der Waals surface area contributed by atoms with Crippen LogP contribution in [0.4, 0.5) is 0 Å². The van der Waals surface area contributed by atoms with Crippen LogP contribution in [0, 0.1) is 32.1 Å². The summed E-state index contributed by atoms with van der Waals surface area (Å²) in [5.74, 6) is 0. The van der Waals surface area contributed by atoms with Gasteiger partial charge in [0, 0.05) is 5.69 Å². The van der Waals surface area contributed by atoms with Crippen molar-refractivity contribution in [1.82, 2.24) is 9.78 Å². The first-order chi connectivity index (χ1) is 8.13. The Kier molecular flexibility index (Phi) is 2.97. The Morgan fingerprint density at radius 1 is 1.24 bits per heavy atom. The summed E-state index contributed by atoms with van der Waals surface area (Å²) < 4.78 is 1.96. The van der Waals surface area contributed by atoms with Gasteiger partial charge >= 0.3 is 0 Å². The fourth-order valence-corrected chi connectivity index (χ4v) is 1.87. The molecule has 86 valence electrons. The van der Waals surface area contributed by atoms with Crippen LogP contribution in [-0.4, -0.2) is 9.78 Å². The summed E-state index contributed by atoms with van der Waals surface area (Å²) in [6.07, 6.45) is 0. The lowest BCUT2D eigenvalue weighted by atomic mass is 10.1. The summed E-state index contributed by atoms with van der Waals surface area (Å²) in [5.41, 5.74) is 5.17. The van der Waals surface area contributed by atoms with Crippen LogP contribution in [0.1, 0.15) is 28.1 Å². The minimum atomic E-state index is 0.657. The molecule has 0 saturated heterocycles. The highest BCUT2D eigenvalue weighted by molar-refractivity contribution is 5.37. The molecule has 0 saturated carbocycles. The van der Waals surface area contributed by atoms with Crippen molar-refractivity contribution >= 4 is 0 Å². The number of rotatable bonds is 2. The van der Waals surface area contributed by atoms with Gasteiger partial charge in [0.05, 0.1) is 23.9 Å². The van der Waals surface area contributed by atoms with E-state index in [1.165, 1.54) is 5.56 Å². The number of nitriles is 1. The summed E-state index contributed by atoms with van der Waals surface area (Å²) in [6.45, 7) is 6.80. The van der Waals surface area contributed by atoms with Crippen LogP contribution < -0.4 is 0 Å². The summed E-state index contributed by atoms with van der Waals surface area (Å²) >= 11 is 0. The molecule has 0 fully saturated rings. The van der Waals surface area contributed by atoms with Gasteiger partial charge in [0.2, 0.25) is 0 Å². The molecule has 1 heterocycles. The molecule has 3 heteroatoms. The van der Waals surface area contributed by atoms with Crippen molar-refractivity contribution in [3.8, 4) is 6.07 Å². The molecule has 0 N–H and O–H groups in total. The van der Waals surface area contributed by atoms with E-state index in [9.17, 15) is 0 Å². The van der Waals surface area contributed by atoms with Crippen molar-refractivity contribution in [1.29, 1.82) is 5.26 Å². The maximum absolute atomic E-state index is 9.05. The zero-order chi connectivity index (χ0) is 12.4. The third kappa shape index (κ3) is 2.07. The number of aryl methyl sites for hydroxylation is 1. The Bertz CT molecular complexity index is 588. The SMILES string of the molecule is Cc1nn(Cc2ccccc2C#N)c(C)c1C. The molecule has 0 aliphatic heterocycles. The van der Waals surface area contributed by atoms with Crippen molar-refractivity contribution < 1.29 is 0 Å². The lowest BCUT2D eigenvalue weighted by Crippen LogP contribution is -2.05. The van der Waals surface area contributed by atoms with E-state index in [0.29, 0.717) is 6.54 Å². The number of hydrogen-bond acceptors (Lipinski definition) is 2. The molecule has 0 bridgehead atoms. The summed E-state index contributed by atoms with van der Waals surface area (Å²) in [6, 6.07) is 9.87. The molecule has 0 spiro atoms. The smallest absolute Gasteiger partial charge is 0.0995 e. The van der Waals surface area contributed by atoms with Crippen LogP contribution >= 0.6 is 0 Å². The largest absolute Gasteiger partial charge is 0.265 e. The van der Waals surface area contributed by atoms with Crippen molar-refractivity contribution in [2.24, 2.45) is 0 Å². The molecule has 2 rings (SSSR count). The zero-order valence-electron chi connectivity index (χ0n) is 10.4. The van der Waals surface area contributed by atoms with E-state index in [-0.39, 0.29) is 0 Å². The quantitative estimate of drug-likeness (QED) is 0.788. The molecule has 1 aromatic carbocycles. The highest BCUT2D eigenvalue weighted by atomic mass is 15.3. The van der Waals surface area contributed by atoms with Gasteiger partial charge < -0.3 is 0 Å². The van der Waals surface area contributed by atoms with Gasteiger partial charge in [0.1, 0.15) is 0 Å². The fraction of sp³-hybridized carbons (Fsp3) is 0.286. The number of benzene rings is 1. The van der Waals surface area contributed by atoms with Crippen molar-refractivity contribution in [2.75, 3.05) is 0 Å². The Labute approximate surface area is 101 Å². The molecule has 0 radical (unpaired) electrons. The van der Waals surface area contributed by atoms with Crippen molar-refractivity contribution in [3.63, 3.8) is 0 Å². The molecule has 3 nitrogen and oxygen atoms in total. The third-order valence-corrected chi connectivity index (χ3v) is 3.20. The predicted octanol–water partition coefficient (Wildman–Crippen LogP) is 2.73. The van der Waals surface area contributed by atoms with E-state index in [2.05, 4.69) is 25.0 Å². The average molecular weight is 225 g/mol. The summed E-state index contributed by atoms with van der Waals surface area (Å²) in [7, 11) is 0. The van der Waals surface area contributed by atoms with E-state index in [1.54, 1.807) is 0 Å². The van der Waals surface area contributed by atoms with E-state index >= 15 is 0 Å². The number of aromatic nitrogens is 2. The van der Waals surface area contributed by atoms with Gasteiger partial charge in [-0.1, -0.05) is 18.2 Å². The Morgan fingerprint density at radius 3 is 2.53 bits per heavy atom. The van der Waals surface area contributed by atoms with Crippen LogP contribution in [0.3, 0.4) is 0 Å². The summed E-state index contributed by atoms with van der Waals surface area (Å²) in [4.78, 5) is 0. The first-order valence-corrected chi connectivity index (χ1v) is 5.62. The molecule has 0 aliphatic carbocycles.